The lowest BCUT2D eigenvalue weighted by atomic mass is 9.67. The second-order valence-electron chi connectivity index (χ2n) is 6.92. The highest BCUT2D eigenvalue weighted by atomic mass is 16.5. The highest BCUT2D eigenvalue weighted by Crippen LogP contribution is 2.43. The quantitative estimate of drug-likeness (QED) is 0.467. The minimum atomic E-state index is -0.0778. The highest BCUT2D eigenvalue weighted by Gasteiger charge is 2.36. The molecular weight excluding hydrogens is 328 g/mol. The fraction of sp³-hybridized carbons (Fsp3) is 0.600. The number of nitrogens with one attached hydrogen (secondary N) is 3. The summed E-state index contributed by atoms with van der Waals surface area (Å²) < 4.78 is 5.27. The van der Waals surface area contributed by atoms with E-state index < -0.39 is 0 Å². The van der Waals surface area contributed by atoms with Crippen LogP contribution in [0.2, 0.25) is 0 Å². The predicted molar refractivity (Wildman–Crippen MR) is 105 cm³/mol. The van der Waals surface area contributed by atoms with E-state index in [1.165, 1.54) is 19.3 Å². The van der Waals surface area contributed by atoms with Crippen molar-refractivity contribution in [2.75, 3.05) is 33.9 Å². The van der Waals surface area contributed by atoms with E-state index in [1.807, 2.05) is 24.3 Å². The number of carbonyl (C=O) groups is 1. The summed E-state index contributed by atoms with van der Waals surface area (Å²) in [7, 11) is 3.40. The van der Waals surface area contributed by atoms with Gasteiger partial charge in [0.25, 0.3) is 5.91 Å². The minimum absolute atomic E-state index is 0.0778. The van der Waals surface area contributed by atoms with Crippen molar-refractivity contribution < 1.29 is 9.53 Å². The highest BCUT2D eigenvalue weighted by molar-refractivity contribution is 5.94. The number of carbonyl (C=O) groups excluding carboxylic acids is 1. The number of guanidine groups is 1. The van der Waals surface area contributed by atoms with Crippen LogP contribution in [0, 0.1) is 5.41 Å². The maximum absolute atomic E-state index is 11.8. The van der Waals surface area contributed by atoms with Gasteiger partial charge in [-0.3, -0.25) is 4.79 Å². The van der Waals surface area contributed by atoms with Crippen LogP contribution in [-0.4, -0.2) is 45.7 Å². The summed E-state index contributed by atoms with van der Waals surface area (Å²) in [4.78, 5) is 16.4. The van der Waals surface area contributed by atoms with Crippen LogP contribution in [-0.2, 0) is 11.3 Å². The number of rotatable bonds is 9. The fourth-order valence-electron chi connectivity index (χ4n) is 3.25. The van der Waals surface area contributed by atoms with Crippen LogP contribution in [0.25, 0.3) is 0 Å². The molecule has 6 nitrogen and oxygen atoms in total. The van der Waals surface area contributed by atoms with Gasteiger partial charge in [0, 0.05) is 39.4 Å². The number of hydrogen-bond donors (Lipinski definition) is 3. The van der Waals surface area contributed by atoms with E-state index in [9.17, 15) is 4.79 Å². The summed E-state index contributed by atoms with van der Waals surface area (Å²) >= 11 is 0. The molecule has 0 bridgehead atoms. The van der Waals surface area contributed by atoms with Crippen LogP contribution in [0.3, 0.4) is 0 Å². The summed E-state index contributed by atoms with van der Waals surface area (Å²) in [6.45, 7) is 5.13. The smallest absolute Gasteiger partial charge is 0.251 e. The van der Waals surface area contributed by atoms with Crippen molar-refractivity contribution in [1.82, 2.24) is 16.0 Å². The molecule has 26 heavy (non-hydrogen) atoms. The summed E-state index contributed by atoms with van der Waals surface area (Å²) in [5.74, 6) is 0.743. The third kappa shape index (κ3) is 5.73. The molecule has 1 aliphatic rings. The van der Waals surface area contributed by atoms with Crippen molar-refractivity contribution >= 4 is 11.9 Å². The Hall–Kier alpha value is -2.08. The van der Waals surface area contributed by atoms with E-state index in [1.54, 1.807) is 14.2 Å². The third-order valence-electron chi connectivity index (χ3n) is 5.06. The number of aliphatic imine (C=N–C) groups is 1. The average Bonchev–Trinajstić information content (AvgIpc) is 2.64. The molecule has 0 radical (unpaired) electrons. The molecule has 2 rings (SSSR count). The van der Waals surface area contributed by atoms with Crippen molar-refractivity contribution in [2.45, 2.75) is 39.2 Å². The molecule has 0 atom stereocenters. The van der Waals surface area contributed by atoms with Crippen LogP contribution in [0.15, 0.2) is 29.3 Å². The second kappa shape index (κ2) is 10.2. The molecule has 1 fully saturated rings. The molecule has 1 aliphatic carbocycles. The first kappa shape index (κ1) is 20.2. The van der Waals surface area contributed by atoms with E-state index in [2.05, 4.69) is 27.9 Å². The van der Waals surface area contributed by atoms with Gasteiger partial charge in [0.15, 0.2) is 5.96 Å². The molecule has 1 saturated carbocycles. The first-order valence-corrected chi connectivity index (χ1v) is 9.44. The number of nitrogens with zero attached hydrogens (tertiary/aromatic N) is 1. The lowest BCUT2D eigenvalue weighted by molar-refractivity contribution is 0.0732. The molecular formula is C20H32N4O2. The average molecular weight is 361 g/mol. The van der Waals surface area contributed by atoms with E-state index in [0.717, 1.165) is 37.6 Å². The molecule has 0 saturated heterocycles. The lowest BCUT2D eigenvalue weighted by Crippen LogP contribution is -2.46. The molecule has 3 N–H and O–H groups in total. The largest absolute Gasteiger partial charge is 0.385 e. The fourth-order valence-corrected chi connectivity index (χ4v) is 3.25. The maximum Gasteiger partial charge on any atom is 0.251 e. The summed E-state index contributed by atoms with van der Waals surface area (Å²) in [5.41, 5.74) is 2.01. The molecule has 6 heteroatoms. The van der Waals surface area contributed by atoms with Gasteiger partial charge in [-0.15, -0.1) is 0 Å². The van der Waals surface area contributed by atoms with Crippen molar-refractivity contribution in [3.8, 4) is 0 Å². The van der Waals surface area contributed by atoms with Crippen LogP contribution < -0.4 is 16.0 Å². The van der Waals surface area contributed by atoms with Gasteiger partial charge in [0.1, 0.15) is 0 Å². The topological polar surface area (TPSA) is 74.8 Å². The summed E-state index contributed by atoms with van der Waals surface area (Å²) in [6, 6.07) is 7.58. The number of ether oxygens (including phenoxy) is 1. The molecule has 0 aliphatic heterocycles. The van der Waals surface area contributed by atoms with Crippen molar-refractivity contribution in [1.29, 1.82) is 0 Å². The normalized spacial score (nSPS) is 15.9. The maximum atomic E-state index is 11.8. The second-order valence-corrected chi connectivity index (χ2v) is 6.92. The van der Waals surface area contributed by atoms with Gasteiger partial charge >= 0.3 is 0 Å². The number of methoxy groups -OCH3 is 1. The van der Waals surface area contributed by atoms with Crippen LogP contribution in [0.4, 0.5) is 0 Å². The Balaban J connectivity index is 1.97. The molecule has 1 aromatic rings. The summed E-state index contributed by atoms with van der Waals surface area (Å²) in [6.07, 6.45) is 4.88. The minimum Gasteiger partial charge on any atom is -0.385 e. The molecule has 1 amide bonds. The number of hydrogen-bond acceptors (Lipinski definition) is 3. The van der Waals surface area contributed by atoms with Gasteiger partial charge in [-0.25, -0.2) is 4.99 Å². The zero-order valence-electron chi connectivity index (χ0n) is 16.2. The van der Waals surface area contributed by atoms with Gasteiger partial charge < -0.3 is 20.7 Å². The number of amides is 1. The molecule has 0 aromatic heterocycles. The molecule has 0 spiro atoms. The third-order valence-corrected chi connectivity index (χ3v) is 5.06. The molecule has 0 unspecified atom stereocenters. The van der Waals surface area contributed by atoms with Gasteiger partial charge in [-0.05, 0) is 49.3 Å². The van der Waals surface area contributed by atoms with E-state index in [4.69, 9.17) is 4.74 Å². The van der Waals surface area contributed by atoms with E-state index in [-0.39, 0.29) is 5.91 Å². The van der Waals surface area contributed by atoms with Crippen molar-refractivity contribution in [3.05, 3.63) is 35.4 Å². The van der Waals surface area contributed by atoms with Gasteiger partial charge in [0.05, 0.1) is 6.54 Å². The zero-order valence-corrected chi connectivity index (χ0v) is 16.2. The molecule has 0 heterocycles. The first-order chi connectivity index (χ1) is 12.6. The summed E-state index contributed by atoms with van der Waals surface area (Å²) in [5, 5.41) is 9.45. The monoisotopic (exact) mass is 360 g/mol. The zero-order chi connectivity index (χ0) is 18.8. The van der Waals surface area contributed by atoms with Crippen molar-refractivity contribution in [3.63, 3.8) is 0 Å². The Labute approximate surface area is 156 Å². The predicted octanol–water partition coefficient (Wildman–Crippen LogP) is 2.31. The SMILES string of the molecule is CCNC(=NCc1cccc(C(=O)NC)c1)NCC1(CCOC)CCC1. The van der Waals surface area contributed by atoms with Crippen LogP contribution >= 0.6 is 0 Å². The molecule has 144 valence electrons. The Bertz CT molecular complexity index is 612. The number of benzene rings is 1. The molecule has 1 aromatic carbocycles. The Kier molecular flexibility index (Phi) is 7.91. The Morgan fingerprint density at radius 1 is 1.31 bits per heavy atom. The van der Waals surface area contributed by atoms with E-state index >= 15 is 0 Å². The Morgan fingerprint density at radius 3 is 2.73 bits per heavy atom. The van der Waals surface area contributed by atoms with E-state index in [0.29, 0.717) is 17.5 Å². The van der Waals surface area contributed by atoms with Gasteiger partial charge in [-0.2, -0.15) is 0 Å². The van der Waals surface area contributed by atoms with Crippen LogP contribution in [0.5, 0.6) is 0 Å². The van der Waals surface area contributed by atoms with Gasteiger partial charge in [0.2, 0.25) is 0 Å². The van der Waals surface area contributed by atoms with Crippen LogP contribution in [0.1, 0.15) is 48.5 Å². The Morgan fingerprint density at radius 2 is 2.12 bits per heavy atom. The van der Waals surface area contributed by atoms with Gasteiger partial charge in [-0.1, -0.05) is 18.6 Å². The first-order valence-electron chi connectivity index (χ1n) is 9.44. The lowest BCUT2D eigenvalue weighted by Gasteiger charge is -2.42. The van der Waals surface area contributed by atoms with Crippen molar-refractivity contribution in [2.24, 2.45) is 10.4 Å². The standard InChI is InChI=1S/C20H32N4O2/c1-4-22-19(24-15-20(9-6-10-20)11-12-26-3)23-14-16-7-5-8-17(13-16)18(25)21-2/h5,7-8,13H,4,6,9-12,14-15H2,1-3H3,(H,21,25)(H2,22,23,24).